The molecule has 0 aromatic heterocycles. The summed E-state index contributed by atoms with van der Waals surface area (Å²) >= 11 is 0. The molecule has 0 radical (unpaired) electrons. The van der Waals surface area contributed by atoms with E-state index >= 15 is 0 Å². The number of nitrogens with zero attached hydrogens (tertiary/aromatic N) is 1. The van der Waals surface area contributed by atoms with E-state index in [-0.39, 0.29) is 6.04 Å². The minimum atomic E-state index is -1.07. The van der Waals surface area contributed by atoms with Gasteiger partial charge in [0.15, 0.2) is 0 Å². The number of carbonyl (C=O) groups is 1. The van der Waals surface area contributed by atoms with Gasteiger partial charge in [-0.05, 0) is 12.0 Å². The molecule has 1 heterocycles. The summed E-state index contributed by atoms with van der Waals surface area (Å²) in [5, 5.41) is 14.1. The third kappa shape index (κ3) is 2.52. The summed E-state index contributed by atoms with van der Waals surface area (Å²) in [5.41, 5.74) is 1.16. The van der Waals surface area contributed by atoms with Gasteiger partial charge in [0.05, 0.1) is 0 Å². The number of hydrogen-bond donors (Lipinski definition) is 1. The van der Waals surface area contributed by atoms with Crippen LogP contribution in [0.1, 0.15) is 5.56 Å². The van der Waals surface area contributed by atoms with Crippen LogP contribution in [0.5, 0.6) is 0 Å². The Morgan fingerprint density at radius 2 is 2.19 bits per heavy atom. The van der Waals surface area contributed by atoms with Gasteiger partial charge in [-0.1, -0.05) is 30.3 Å². The van der Waals surface area contributed by atoms with E-state index in [9.17, 15) is 9.90 Å². The molecule has 1 aliphatic heterocycles. The SMILES string of the molecule is O=C([O-])N1CCNCC1Cc1ccccc1. The number of piperazine rings is 1. The maximum absolute atomic E-state index is 10.9. The van der Waals surface area contributed by atoms with Gasteiger partial charge in [-0.3, -0.25) is 0 Å². The van der Waals surface area contributed by atoms with Crippen molar-refractivity contribution in [3.63, 3.8) is 0 Å². The number of carboxylic acid groups (broad SMARTS) is 1. The lowest BCUT2D eigenvalue weighted by Crippen LogP contribution is -2.57. The second-order valence-electron chi connectivity index (χ2n) is 4.01. The first kappa shape index (κ1) is 11.0. The van der Waals surface area contributed by atoms with Crippen LogP contribution in [-0.4, -0.2) is 36.7 Å². The highest BCUT2D eigenvalue weighted by molar-refractivity contribution is 5.63. The third-order valence-corrected chi connectivity index (χ3v) is 2.90. The minimum Gasteiger partial charge on any atom is -0.530 e. The number of amides is 1. The zero-order valence-electron chi connectivity index (χ0n) is 9.06. The van der Waals surface area contributed by atoms with Crippen molar-refractivity contribution >= 4 is 6.09 Å². The second-order valence-corrected chi connectivity index (χ2v) is 4.01. The first-order valence-electron chi connectivity index (χ1n) is 5.49. The van der Waals surface area contributed by atoms with E-state index in [2.05, 4.69) is 5.32 Å². The fourth-order valence-corrected chi connectivity index (χ4v) is 2.07. The van der Waals surface area contributed by atoms with Crippen LogP contribution in [0, 0.1) is 0 Å². The van der Waals surface area contributed by atoms with Gasteiger partial charge in [0.25, 0.3) is 0 Å². The largest absolute Gasteiger partial charge is 0.530 e. The fraction of sp³-hybridized carbons (Fsp3) is 0.417. The van der Waals surface area contributed by atoms with E-state index in [1.54, 1.807) is 0 Å². The highest BCUT2D eigenvalue weighted by Gasteiger charge is 2.21. The van der Waals surface area contributed by atoms with Crippen LogP contribution in [0.3, 0.4) is 0 Å². The molecule has 4 nitrogen and oxygen atoms in total. The molecule has 4 heteroatoms. The molecule has 1 aromatic carbocycles. The molecule has 86 valence electrons. The standard InChI is InChI=1S/C12H16N2O2/c15-12(16)14-7-6-13-9-11(14)8-10-4-2-1-3-5-10/h1-5,11,13H,6-9H2,(H,15,16)/p-1. The van der Waals surface area contributed by atoms with Gasteiger partial charge in [-0.2, -0.15) is 0 Å². The van der Waals surface area contributed by atoms with Crippen molar-refractivity contribution in [1.29, 1.82) is 0 Å². The van der Waals surface area contributed by atoms with Gasteiger partial charge >= 0.3 is 0 Å². The van der Waals surface area contributed by atoms with Crippen molar-refractivity contribution in [3.05, 3.63) is 35.9 Å². The van der Waals surface area contributed by atoms with Crippen molar-refractivity contribution in [3.8, 4) is 0 Å². The summed E-state index contributed by atoms with van der Waals surface area (Å²) in [6.45, 7) is 1.92. The van der Waals surface area contributed by atoms with E-state index in [0.717, 1.165) is 12.0 Å². The molecule has 1 unspecified atom stereocenters. The topological polar surface area (TPSA) is 55.4 Å². The number of rotatable bonds is 2. The Bertz CT molecular complexity index is 353. The van der Waals surface area contributed by atoms with Gasteiger partial charge < -0.3 is 20.1 Å². The monoisotopic (exact) mass is 219 g/mol. The molecule has 0 saturated carbocycles. The molecule has 16 heavy (non-hydrogen) atoms. The van der Waals surface area contributed by atoms with Gasteiger partial charge in [0.2, 0.25) is 0 Å². The predicted molar refractivity (Wildman–Crippen MR) is 58.9 cm³/mol. The molecular weight excluding hydrogens is 204 g/mol. The number of carbonyl (C=O) groups excluding carboxylic acids is 1. The van der Waals surface area contributed by atoms with E-state index in [1.807, 2.05) is 30.3 Å². The van der Waals surface area contributed by atoms with Crippen molar-refractivity contribution in [2.45, 2.75) is 12.5 Å². The maximum Gasteiger partial charge on any atom is 0.137 e. The molecule has 0 bridgehead atoms. The highest BCUT2D eigenvalue weighted by Crippen LogP contribution is 2.10. The summed E-state index contributed by atoms with van der Waals surface area (Å²) in [6, 6.07) is 9.91. The third-order valence-electron chi connectivity index (χ3n) is 2.90. The van der Waals surface area contributed by atoms with E-state index in [1.165, 1.54) is 4.90 Å². The van der Waals surface area contributed by atoms with Gasteiger partial charge in [-0.15, -0.1) is 0 Å². The molecule has 1 N–H and O–H groups in total. The molecule has 1 saturated heterocycles. The van der Waals surface area contributed by atoms with Gasteiger partial charge in [0.1, 0.15) is 6.09 Å². The van der Waals surface area contributed by atoms with E-state index in [4.69, 9.17) is 0 Å². The summed E-state index contributed by atoms with van der Waals surface area (Å²) in [5.74, 6) is 0. The van der Waals surface area contributed by atoms with Crippen LogP contribution in [0.2, 0.25) is 0 Å². The quantitative estimate of drug-likeness (QED) is 0.752. The molecule has 1 amide bonds. The van der Waals surface area contributed by atoms with Crippen molar-refractivity contribution < 1.29 is 9.90 Å². The highest BCUT2D eigenvalue weighted by atomic mass is 16.4. The molecule has 1 fully saturated rings. The van der Waals surface area contributed by atoms with Crippen LogP contribution in [0.25, 0.3) is 0 Å². The molecule has 0 aliphatic carbocycles. The lowest BCUT2D eigenvalue weighted by Gasteiger charge is -2.38. The average Bonchev–Trinajstić information content (AvgIpc) is 2.31. The van der Waals surface area contributed by atoms with Crippen molar-refractivity contribution in [2.75, 3.05) is 19.6 Å². The van der Waals surface area contributed by atoms with Gasteiger partial charge in [-0.25, -0.2) is 0 Å². The Balaban J connectivity index is 2.04. The first-order valence-corrected chi connectivity index (χ1v) is 5.49. The maximum atomic E-state index is 10.9. The smallest absolute Gasteiger partial charge is 0.137 e. The normalized spacial score (nSPS) is 20.8. The zero-order valence-corrected chi connectivity index (χ0v) is 9.06. The molecule has 0 spiro atoms. The van der Waals surface area contributed by atoms with Crippen molar-refractivity contribution in [2.24, 2.45) is 0 Å². The Kier molecular flexibility index (Phi) is 3.41. The Labute approximate surface area is 94.9 Å². The predicted octanol–water partition coefficient (Wildman–Crippen LogP) is -0.154. The summed E-state index contributed by atoms with van der Waals surface area (Å²) in [6.07, 6.45) is -0.329. The summed E-state index contributed by atoms with van der Waals surface area (Å²) in [4.78, 5) is 12.4. The zero-order chi connectivity index (χ0) is 11.4. The average molecular weight is 219 g/mol. The minimum absolute atomic E-state index is 0.0128. The first-order chi connectivity index (χ1) is 7.77. The Morgan fingerprint density at radius 3 is 2.88 bits per heavy atom. The van der Waals surface area contributed by atoms with Crippen LogP contribution >= 0.6 is 0 Å². The van der Waals surface area contributed by atoms with Gasteiger partial charge in [0, 0.05) is 25.7 Å². The molecule has 1 aliphatic rings. The van der Waals surface area contributed by atoms with Crippen LogP contribution < -0.4 is 10.4 Å². The van der Waals surface area contributed by atoms with Crippen LogP contribution in [0.4, 0.5) is 4.79 Å². The number of benzene rings is 1. The molecular formula is C12H15N2O2-. The van der Waals surface area contributed by atoms with E-state index in [0.29, 0.717) is 19.6 Å². The number of hydrogen-bond acceptors (Lipinski definition) is 3. The van der Waals surface area contributed by atoms with E-state index < -0.39 is 6.09 Å². The van der Waals surface area contributed by atoms with Crippen LogP contribution in [-0.2, 0) is 6.42 Å². The molecule has 1 atom stereocenters. The lowest BCUT2D eigenvalue weighted by atomic mass is 10.0. The lowest BCUT2D eigenvalue weighted by molar-refractivity contribution is -0.268. The second kappa shape index (κ2) is 4.99. The summed E-state index contributed by atoms with van der Waals surface area (Å²) in [7, 11) is 0. The summed E-state index contributed by atoms with van der Waals surface area (Å²) < 4.78 is 0. The van der Waals surface area contributed by atoms with Crippen LogP contribution in [0.15, 0.2) is 30.3 Å². The Morgan fingerprint density at radius 1 is 1.44 bits per heavy atom. The fourth-order valence-electron chi connectivity index (χ4n) is 2.07. The van der Waals surface area contributed by atoms with Crippen molar-refractivity contribution in [1.82, 2.24) is 10.2 Å². The molecule has 2 rings (SSSR count). The molecule has 1 aromatic rings. The number of nitrogens with one attached hydrogen (secondary N) is 1. The Hall–Kier alpha value is -1.55.